The van der Waals surface area contributed by atoms with Crippen LogP contribution in [0.4, 0.5) is 0 Å². The Morgan fingerprint density at radius 3 is 3.00 bits per heavy atom. The normalized spacial score (nSPS) is 11.1. The molecule has 0 bridgehead atoms. The van der Waals surface area contributed by atoms with Crippen LogP contribution in [0.25, 0.3) is 15.2 Å². The van der Waals surface area contributed by atoms with E-state index >= 15 is 0 Å². The summed E-state index contributed by atoms with van der Waals surface area (Å²) >= 11 is 1.61. The molecule has 0 N–H and O–H groups in total. The first-order valence-corrected chi connectivity index (χ1v) is 7.04. The summed E-state index contributed by atoms with van der Waals surface area (Å²) in [5.41, 5.74) is 2.00. The van der Waals surface area contributed by atoms with Crippen LogP contribution in [0.2, 0.25) is 0 Å². The summed E-state index contributed by atoms with van der Waals surface area (Å²) in [6.45, 7) is 0. The second-order valence-electron chi connectivity index (χ2n) is 4.40. The molecule has 5 nitrogen and oxygen atoms in total. The Bertz CT molecular complexity index is 775. The number of aromatic nitrogens is 2. The number of esters is 1. The van der Waals surface area contributed by atoms with Crippen molar-refractivity contribution < 1.29 is 14.3 Å². The SMILES string of the molecule is COC(=O)CCc1cn2c(n1)sc1cc(OC)ccc12. The zero-order valence-electron chi connectivity index (χ0n) is 11.3. The molecular weight excluding hydrogens is 276 g/mol. The number of methoxy groups -OCH3 is 2. The molecule has 0 saturated heterocycles. The molecule has 20 heavy (non-hydrogen) atoms. The van der Waals surface area contributed by atoms with E-state index in [0.29, 0.717) is 12.8 Å². The molecule has 0 spiro atoms. The number of hydrogen-bond donors (Lipinski definition) is 0. The number of thiazole rings is 1. The summed E-state index contributed by atoms with van der Waals surface area (Å²) in [6.07, 6.45) is 2.93. The Kier molecular flexibility index (Phi) is 3.31. The molecule has 1 aromatic carbocycles. The lowest BCUT2D eigenvalue weighted by Gasteiger charge is -1.98. The maximum absolute atomic E-state index is 11.2. The number of carbonyl (C=O) groups excluding carboxylic acids is 1. The molecule has 0 radical (unpaired) electrons. The van der Waals surface area contributed by atoms with Crippen molar-refractivity contribution >= 4 is 32.5 Å². The molecule has 2 aromatic heterocycles. The van der Waals surface area contributed by atoms with Gasteiger partial charge in [-0.1, -0.05) is 11.3 Å². The highest BCUT2D eigenvalue weighted by Gasteiger charge is 2.10. The van der Waals surface area contributed by atoms with E-state index in [2.05, 4.69) is 9.72 Å². The van der Waals surface area contributed by atoms with Crippen LogP contribution in [-0.4, -0.2) is 29.6 Å². The molecule has 0 aliphatic heterocycles. The van der Waals surface area contributed by atoms with Gasteiger partial charge in [-0.25, -0.2) is 4.98 Å². The van der Waals surface area contributed by atoms with Gasteiger partial charge in [-0.05, 0) is 18.2 Å². The lowest BCUT2D eigenvalue weighted by Crippen LogP contribution is -2.01. The summed E-state index contributed by atoms with van der Waals surface area (Å²) in [5, 5.41) is 0. The molecular formula is C14H14N2O3S. The number of benzene rings is 1. The minimum absolute atomic E-state index is 0.212. The highest BCUT2D eigenvalue weighted by molar-refractivity contribution is 7.23. The zero-order valence-corrected chi connectivity index (χ0v) is 12.1. The number of rotatable bonds is 4. The van der Waals surface area contributed by atoms with E-state index in [-0.39, 0.29) is 5.97 Å². The molecule has 3 aromatic rings. The molecule has 6 heteroatoms. The number of nitrogens with zero attached hydrogens (tertiary/aromatic N) is 2. The van der Waals surface area contributed by atoms with Crippen molar-refractivity contribution in [1.82, 2.24) is 9.38 Å². The maximum atomic E-state index is 11.2. The Morgan fingerprint density at radius 1 is 1.40 bits per heavy atom. The third-order valence-corrected chi connectivity index (χ3v) is 4.18. The first-order valence-electron chi connectivity index (χ1n) is 6.22. The zero-order chi connectivity index (χ0) is 14.1. The van der Waals surface area contributed by atoms with Gasteiger partial charge < -0.3 is 9.47 Å². The summed E-state index contributed by atoms with van der Waals surface area (Å²) in [4.78, 5) is 16.6. The topological polar surface area (TPSA) is 52.8 Å². The van der Waals surface area contributed by atoms with Crippen LogP contribution in [0, 0.1) is 0 Å². The largest absolute Gasteiger partial charge is 0.497 e. The minimum atomic E-state index is -0.212. The number of aryl methyl sites for hydroxylation is 1. The van der Waals surface area contributed by atoms with Crippen molar-refractivity contribution in [3.05, 3.63) is 30.1 Å². The fourth-order valence-corrected chi connectivity index (χ4v) is 3.16. The minimum Gasteiger partial charge on any atom is -0.497 e. The molecule has 0 aliphatic rings. The van der Waals surface area contributed by atoms with Crippen molar-refractivity contribution in [1.29, 1.82) is 0 Å². The van der Waals surface area contributed by atoms with Crippen molar-refractivity contribution in [2.45, 2.75) is 12.8 Å². The Labute approximate surface area is 119 Å². The second kappa shape index (κ2) is 5.13. The first kappa shape index (κ1) is 12.9. The molecule has 0 atom stereocenters. The van der Waals surface area contributed by atoms with E-state index in [1.165, 1.54) is 7.11 Å². The monoisotopic (exact) mass is 290 g/mol. The van der Waals surface area contributed by atoms with Gasteiger partial charge in [0.2, 0.25) is 0 Å². The molecule has 104 valence electrons. The average molecular weight is 290 g/mol. The van der Waals surface area contributed by atoms with E-state index in [1.807, 2.05) is 28.8 Å². The Balaban J connectivity index is 1.94. The lowest BCUT2D eigenvalue weighted by atomic mass is 10.2. The number of carbonyl (C=O) groups is 1. The van der Waals surface area contributed by atoms with Gasteiger partial charge in [0.15, 0.2) is 4.96 Å². The predicted octanol–water partition coefficient (Wildman–Crippen LogP) is 2.66. The van der Waals surface area contributed by atoms with Crippen molar-refractivity contribution in [3.8, 4) is 5.75 Å². The van der Waals surface area contributed by atoms with E-state index in [1.54, 1.807) is 18.4 Å². The van der Waals surface area contributed by atoms with E-state index in [9.17, 15) is 4.79 Å². The van der Waals surface area contributed by atoms with Gasteiger partial charge in [-0.15, -0.1) is 0 Å². The number of imidazole rings is 1. The van der Waals surface area contributed by atoms with Gasteiger partial charge in [-0.3, -0.25) is 9.20 Å². The summed E-state index contributed by atoms with van der Waals surface area (Å²) in [7, 11) is 3.06. The van der Waals surface area contributed by atoms with Crippen LogP contribution in [0.5, 0.6) is 5.75 Å². The highest BCUT2D eigenvalue weighted by Crippen LogP contribution is 2.29. The molecule has 0 saturated carbocycles. The van der Waals surface area contributed by atoms with Crippen molar-refractivity contribution in [2.24, 2.45) is 0 Å². The van der Waals surface area contributed by atoms with Crippen molar-refractivity contribution in [2.75, 3.05) is 14.2 Å². The smallest absolute Gasteiger partial charge is 0.305 e. The standard InChI is InChI=1S/C14H14N2O3S/c1-18-10-4-5-11-12(7-10)20-14-15-9(8-16(11)14)3-6-13(17)19-2/h4-5,7-8H,3,6H2,1-2H3. The maximum Gasteiger partial charge on any atom is 0.305 e. The number of hydrogen-bond acceptors (Lipinski definition) is 5. The van der Waals surface area contributed by atoms with Gasteiger partial charge in [0.05, 0.1) is 36.6 Å². The summed E-state index contributed by atoms with van der Waals surface area (Å²) < 4.78 is 13.0. The third-order valence-electron chi connectivity index (χ3n) is 3.16. The van der Waals surface area contributed by atoms with Crippen LogP contribution in [0.1, 0.15) is 12.1 Å². The Morgan fingerprint density at radius 2 is 2.25 bits per heavy atom. The second-order valence-corrected chi connectivity index (χ2v) is 5.41. The first-order chi connectivity index (χ1) is 9.71. The number of ether oxygens (including phenoxy) is 2. The molecule has 0 unspecified atom stereocenters. The van der Waals surface area contributed by atoms with E-state index in [4.69, 9.17) is 4.74 Å². The van der Waals surface area contributed by atoms with Crippen LogP contribution in [-0.2, 0) is 16.0 Å². The van der Waals surface area contributed by atoms with Crippen LogP contribution in [0.3, 0.4) is 0 Å². The van der Waals surface area contributed by atoms with Crippen molar-refractivity contribution in [3.63, 3.8) is 0 Å². The summed E-state index contributed by atoms with van der Waals surface area (Å²) in [6, 6.07) is 5.95. The van der Waals surface area contributed by atoms with Crippen LogP contribution in [0.15, 0.2) is 24.4 Å². The average Bonchev–Trinajstić information content (AvgIpc) is 3.00. The summed E-state index contributed by atoms with van der Waals surface area (Å²) in [5.74, 6) is 0.629. The van der Waals surface area contributed by atoms with Gasteiger partial charge >= 0.3 is 5.97 Å². The van der Waals surface area contributed by atoms with Crippen LogP contribution < -0.4 is 4.74 Å². The molecule has 2 heterocycles. The van der Waals surface area contributed by atoms with Gasteiger partial charge in [0, 0.05) is 12.6 Å². The van der Waals surface area contributed by atoms with Gasteiger partial charge in [0.1, 0.15) is 5.75 Å². The molecule has 3 rings (SSSR count). The lowest BCUT2D eigenvalue weighted by molar-refractivity contribution is -0.140. The number of fused-ring (bicyclic) bond motifs is 3. The highest BCUT2D eigenvalue weighted by atomic mass is 32.1. The molecule has 0 amide bonds. The fourth-order valence-electron chi connectivity index (χ4n) is 2.11. The predicted molar refractivity (Wildman–Crippen MR) is 77.5 cm³/mol. The van der Waals surface area contributed by atoms with Gasteiger partial charge in [0.25, 0.3) is 0 Å². The van der Waals surface area contributed by atoms with Gasteiger partial charge in [-0.2, -0.15) is 0 Å². The Hall–Kier alpha value is -2.08. The molecule has 0 aliphatic carbocycles. The third kappa shape index (κ3) is 2.22. The quantitative estimate of drug-likeness (QED) is 0.693. The van der Waals surface area contributed by atoms with Crippen LogP contribution >= 0.6 is 11.3 Å². The van der Waals surface area contributed by atoms with E-state index in [0.717, 1.165) is 26.6 Å². The van der Waals surface area contributed by atoms with E-state index < -0.39 is 0 Å². The fraction of sp³-hybridized carbons (Fsp3) is 0.286. The molecule has 0 fully saturated rings.